The van der Waals surface area contributed by atoms with Gasteiger partial charge in [0.15, 0.2) is 5.96 Å². The van der Waals surface area contributed by atoms with Crippen LogP contribution in [0, 0.1) is 0 Å². The molecule has 2 N–H and O–H groups in total. The van der Waals surface area contributed by atoms with E-state index in [4.69, 9.17) is 4.99 Å². The van der Waals surface area contributed by atoms with Gasteiger partial charge in [-0.05, 0) is 42.7 Å². The normalized spacial score (nSPS) is 11.3. The van der Waals surface area contributed by atoms with Gasteiger partial charge in [0.1, 0.15) is 0 Å². The third-order valence-electron chi connectivity index (χ3n) is 3.99. The topological polar surface area (TPSA) is 54.2 Å². The van der Waals surface area contributed by atoms with Gasteiger partial charge in [-0.25, -0.2) is 9.67 Å². The fourth-order valence-corrected chi connectivity index (χ4v) is 2.70. The van der Waals surface area contributed by atoms with E-state index >= 15 is 0 Å². The van der Waals surface area contributed by atoms with E-state index in [1.165, 1.54) is 5.56 Å². The number of benzene rings is 2. The highest BCUT2D eigenvalue weighted by Crippen LogP contribution is 2.10. The molecule has 0 radical (unpaired) electrons. The molecule has 1 aromatic heterocycles. The number of nitrogens with one attached hydrogen (secondary N) is 2. The average molecular weight is 347 g/mol. The van der Waals surface area contributed by atoms with Gasteiger partial charge in [0.2, 0.25) is 0 Å². The molecule has 1 heterocycles. The maximum Gasteiger partial charge on any atom is 0.191 e. The first kappa shape index (κ1) is 17.7. The van der Waals surface area contributed by atoms with Crippen LogP contribution in [-0.2, 0) is 13.0 Å². The van der Waals surface area contributed by atoms with Gasteiger partial charge in [0.25, 0.3) is 0 Å². The van der Waals surface area contributed by atoms with Crippen LogP contribution < -0.4 is 10.6 Å². The number of aliphatic imine (C=N–C) groups is 1. The molecule has 0 spiro atoms. The van der Waals surface area contributed by atoms with Gasteiger partial charge in [-0.1, -0.05) is 42.5 Å². The van der Waals surface area contributed by atoms with E-state index in [9.17, 15) is 0 Å². The van der Waals surface area contributed by atoms with Crippen LogP contribution in [0.2, 0.25) is 0 Å². The molecule has 134 valence electrons. The summed E-state index contributed by atoms with van der Waals surface area (Å²) in [5, 5.41) is 11.0. The lowest BCUT2D eigenvalue weighted by Gasteiger charge is -2.11. The summed E-state index contributed by atoms with van der Waals surface area (Å²) >= 11 is 0. The first-order valence-corrected chi connectivity index (χ1v) is 9.00. The lowest BCUT2D eigenvalue weighted by Crippen LogP contribution is -2.38. The van der Waals surface area contributed by atoms with Crippen LogP contribution in [0.3, 0.4) is 0 Å². The second kappa shape index (κ2) is 9.42. The van der Waals surface area contributed by atoms with Crippen molar-refractivity contribution in [2.24, 2.45) is 4.99 Å². The summed E-state index contributed by atoms with van der Waals surface area (Å²) in [6, 6.07) is 20.7. The summed E-state index contributed by atoms with van der Waals surface area (Å²) in [5.41, 5.74) is 3.52. The Labute approximate surface area is 154 Å². The zero-order valence-electron chi connectivity index (χ0n) is 15.1. The SMILES string of the molecule is CCNC(=NCc1cccc(-n2cccn2)c1)NCCc1ccccc1. The summed E-state index contributed by atoms with van der Waals surface area (Å²) < 4.78 is 1.86. The Morgan fingerprint density at radius 2 is 1.85 bits per heavy atom. The molecule has 0 bridgehead atoms. The molecule has 2 aromatic carbocycles. The highest BCUT2D eigenvalue weighted by atomic mass is 15.3. The number of guanidine groups is 1. The number of aromatic nitrogens is 2. The van der Waals surface area contributed by atoms with Gasteiger partial charge in [-0.2, -0.15) is 5.10 Å². The standard InChI is InChI=1S/C21H25N5/c1-2-22-21(23-14-12-18-8-4-3-5-9-18)24-17-19-10-6-11-20(16-19)26-15-7-13-25-26/h3-11,13,15-16H,2,12,14,17H2,1H3,(H2,22,23,24). The Morgan fingerprint density at radius 1 is 1.00 bits per heavy atom. The van der Waals surface area contributed by atoms with Crippen LogP contribution in [0.4, 0.5) is 0 Å². The smallest absolute Gasteiger partial charge is 0.191 e. The molecule has 3 aromatic rings. The van der Waals surface area contributed by atoms with Gasteiger partial charge in [-0.3, -0.25) is 0 Å². The zero-order chi connectivity index (χ0) is 18.0. The second-order valence-corrected chi connectivity index (χ2v) is 5.98. The average Bonchev–Trinajstić information content (AvgIpc) is 3.22. The molecule has 0 aliphatic carbocycles. The van der Waals surface area contributed by atoms with Crippen LogP contribution in [0.15, 0.2) is 78.0 Å². The van der Waals surface area contributed by atoms with Gasteiger partial charge in [-0.15, -0.1) is 0 Å². The molecule has 0 aliphatic rings. The molecule has 3 rings (SSSR count). The lowest BCUT2D eigenvalue weighted by atomic mass is 10.1. The number of hydrogen-bond acceptors (Lipinski definition) is 2. The number of rotatable bonds is 7. The fourth-order valence-electron chi connectivity index (χ4n) is 2.70. The van der Waals surface area contributed by atoms with Gasteiger partial charge >= 0.3 is 0 Å². The highest BCUT2D eigenvalue weighted by molar-refractivity contribution is 5.79. The van der Waals surface area contributed by atoms with Gasteiger partial charge < -0.3 is 10.6 Å². The van der Waals surface area contributed by atoms with E-state index in [0.29, 0.717) is 6.54 Å². The van der Waals surface area contributed by atoms with Crippen molar-refractivity contribution in [3.63, 3.8) is 0 Å². The highest BCUT2D eigenvalue weighted by Gasteiger charge is 2.01. The van der Waals surface area contributed by atoms with E-state index in [0.717, 1.165) is 36.7 Å². The Hall–Kier alpha value is -3.08. The molecular weight excluding hydrogens is 322 g/mol. The van der Waals surface area contributed by atoms with Crippen molar-refractivity contribution in [1.82, 2.24) is 20.4 Å². The molecule has 0 fully saturated rings. The molecule has 26 heavy (non-hydrogen) atoms. The number of nitrogens with zero attached hydrogens (tertiary/aromatic N) is 3. The van der Waals surface area contributed by atoms with Crippen molar-refractivity contribution in [3.05, 3.63) is 84.2 Å². The number of hydrogen-bond donors (Lipinski definition) is 2. The van der Waals surface area contributed by atoms with Crippen LogP contribution in [0.5, 0.6) is 0 Å². The van der Waals surface area contributed by atoms with E-state index in [-0.39, 0.29) is 0 Å². The van der Waals surface area contributed by atoms with E-state index in [2.05, 4.69) is 59.1 Å². The minimum absolute atomic E-state index is 0.621. The maximum absolute atomic E-state index is 4.70. The van der Waals surface area contributed by atoms with Crippen molar-refractivity contribution in [2.75, 3.05) is 13.1 Å². The monoisotopic (exact) mass is 347 g/mol. The molecular formula is C21H25N5. The molecule has 0 saturated carbocycles. The summed E-state index contributed by atoms with van der Waals surface area (Å²) in [5.74, 6) is 0.841. The maximum atomic E-state index is 4.70. The Kier molecular flexibility index (Phi) is 6.42. The minimum atomic E-state index is 0.621. The molecule has 5 heteroatoms. The quantitative estimate of drug-likeness (QED) is 0.510. The molecule has 0 unspecified atom stereocenters. The van der Waals surface area contributed by atoms with Gasteiger partial charge in [0.05, 0.1) is 12.2 Å². The lowest BCUT2D eigenvalue weighted by molar-refractivity contribution is 0.799. The summed E-state index contributed by atoms with van der Waals surface area (Å²) in [4.78, 5) is 4.70. The Balaban J connectivity index is 1.59. The summed E-state index contributed by atoms with van der Waals surface area (Å²) in [6.45, 7) is 4.39. The Morgan fingerprint density at radius 3 is 2.62 bits per heavy atom. The predicted molar refractivity (Wildman–Crippen MR) is 107 cm³/mol. The largest absolute Gasteiger partial charge is 0.357 e. The third-order valence-corrected chi connectivity index (χ3v) is 3.99. The minimum Gasteiger partial charge on any atom is -0.357 e. The van der Waals surface area contributed by atoms with Crippen LogP contribution in [0.25, 0.3) is 5.69 Å². The van der Waals surface area contributed by atoms with Crippen molar-refractivity contribution < 1.29 is 0 Å². The molecule has 0 aliphatic heterocycles. The van der Waals surface area contributed by atoms with E-state index in [1.54, 1.807) is 6.20 Å². The van der Waals surface area contributed by atoms with Crippen LogP contribution in [-0.4, -0.2) is 28.8 Å². The first-order valence-electron chi connectivity index (χ1n) is 9.00. The second-order valence-electron chi connectivity index (χ2n) is 5.98. The van der Waals surface area contributed by atoms with E-state index in [1.807, 2.05) is 35.1 Å². The van der Waals surface area contributed by atoms with Crippen molar-refractivity contribution in [3.8, 4) is 5.69 Å². The molecule has 5 nitrogen and oxygen atoms in total. The van der Waals surface area contributed by atoms with E-state index < -0.39 is 0 Å². The first-order chi connectivity index (χ1) is 12.8. The predicted octanol–water partition coefficient (Wildman–Crippen LogP) is 3.17. The van der Waals surface area contributed by atoms with Crippen molar-refractivity contribution in [2.45, 2.75) is 19.9 Å². The Bertz CT molecular complexity index is 809. The van der Waals surface area contributed by atoms with Crippen molar-refractivity contribution in [1.29, 1.82) is 0 Å². The molecule has 0 atom stereocenters. The van der Waals surface area contributed by atoms with Gasteiger partial charge in [0, 0.05) is 25.5 Å². The summed E-state index contributed by atoms with van der Waals surface area (Å²) in [7, 11) is 0. The van der Waals surface area contributed by atoms with Crippen LogP contribution >= 0.6 is 0 Å². The summed E-state index contributed by atoms with van der Waals surface area (Å²) in [6.07, 6.45) is 4.70. The van der Waals surface area contributed by atoms with Crippen molar-refractivity contribution >= 4 is 5.96 Å². The third kappa shape index (κ3) is 5.21. The zero-order valence-corrected chi connectivity index (χ0v) is 15.1. The molecule has 0 saturated heterocycles. The van der Waals surface area contributed by atoms with Crippen LogP contribution in [0.1, 0.15) is 18.1 Å². The fraction of sp³-hybridized carbons (Fsp3) is 0.238. The molecule has 0 amide bonds.